The molecule has 0 saturated heterocycles. The quantitative estimate of drug-likeness (QED) is 0.444. The Morgan fingerprint density at radius 3 is 1.47 bits per heavy atom. The predicted octanol–water partition coefficient (Wildman–Crippen LogP) is 4.42. The number of rotatable bonds is 6. The Balaban J connectivity index is 1.84. The standard InChI is InChI=1S/C16H19PSSe/c18-17(19,13-11-15-7-3-1-4-8-15)14-12-16-9-5-2-6-10-16/h1-10H,11-14H2,(H,18,19). The fourth-order valence-corrected chi connectivity index (χ4v) is 5.20. The second kappa shape index (κ2) is 7.50. The van der Waals surface area contributed by atoms with Gasteiger partial charge in [-0.1, -0.05) is 0 Å². The van der Waals surface area contributed by atoms with Gasteiger partial charge >= 0.3 is 129 Å². The molecule has 2 aromatic carbocycles. The summed E-state index contributed by atoms with van der Waals surface area (Å²) in [5.74, 6) is 0. The van der Waals surface area contributed by atoms with Gasteiger partial charge in [0.05, 0.1) is 0 Å². The molecular weight excluding hydrogens is 334 g/mol. The molecule has 0 fully saturated rings. The topological polar surface area (TPSA) is 0 Å². The van der Waals surface area contributed by atoms with Gasteiger partial charge in [-0.15, -0.1) is 0 Å². The van der Waals surface area contributed by atoms with Crippen LogP contribution in [0, 0.1) is 0 Å². The van der Waals surface area contributed by atoms with Crippen LogP contribution in [0.5, 0.6) is 0 Å². The van der Waals surface area contributed by atoms with Crippen LogP contribution in [0.15, 0.2) is 60.7 Å². The molecule has 0 bridgehead atoms. The van der Waals surface area contributed by atoms with E-state index in [0.29, 0.717) is 0 Å². The summed E-state index contributed by atoms with van der Waals surface area (Å²) in [7, 11) is 0. The summed E-state index contributed by atoms with van der Waals surface area (Å²) in [4.78, 5) is 0. The van der Waals surface area contributed by atoms with Crippen molar-refractivity contribution < 1.29 is 0 Å². The van der Waals surface area contributed by atoms with E-state index in [0.717, 1.165) is 12.8 Å². The summed E-state index contributed by atoms with van der Waals surface area (Å²) in [6, 6.07) is 21.4. The van der Waals surface area contributed by atoms with E-state index >= 15 is 0 Å². The van der Waals surface area contributed by atoms with Gasteiger partial charge in [0.2, 0.25) is 0 Å². The van der Waals surface area contributed by atoms with Gasteiger partial charge in [-0.25, -0.2) is 0 Å². The second-order valence-electron chi connectivity index (χ2n) is 4.76. The Morgan fingerprint density at radius 2 is 1.11 bits per heavy atom. The Labute approximate surface area is 129 Å². The first-order valence-corrected chi connectivity index (χ1v) is 12.1. The van der Waals surface area contributed by atoms with Crippen LogP contribution in [0.4, 0.5) is 0 Å². The fraction of sp³-hybridized carbons (Fsp3) is 0.250. The molecule has 2 aromatic rings. The van der Waals surface area contributed by atoms with Crippen molar-refractivity contribution >= 4 is 32.1 Å². The van der Waals surface area contributed by atoms with E-state index in [1.807, 2.05) is 0 Å². The molecule has 0 atom stereocenters. The Bertz CT molecular complexity index is 492. The van der Waals surface area contributed by atoms with Gasteiger partial charge in [0, 0.05) is 0 Å². The molecule has 0 aliphatic rings. The van der Waals surface area contributed by atoms with Crippen LogP contribution in [0.3, 0.4) is 0 Å². The van der Waals surface area contributed by atoms with E-state index in [1.165, 1.54) is 23.5 Å². The SMILES string of the molecule is SP(=[Se])(CCc1ccccc1)CCc1ccccc1. The Morgan fingerprint density at radius 1 is 0.737 bits per heavy atom. The van der Waals surface area contributed by atoms with Gasteiger partial charge in [-0.2, -0.15) is 0 Å². The van der Waals surface area contributed by atoms with Crippen LogP contribution >= 0.6 is 17.0 Å². The average Bonchev–Trinajstić information content (AvgIpc) is 2.46. The fourth-order valence-electron chi connectivity index (χ4n) is 2.01. The van der Waals surface area contributed by atoms with Gasteiger partial charge in [0.1, 0.15) is 0 Å². The number of aryl methyl sites for hydroxylation is 2. The third kappa shape index (κ3) is 5.71. The molecule has 19 heavy (non-hydrogen) atoms. The van der Waals surface area contributed by atoms with Crippen LogP contribution in [-0.2, 0) is 12.8 Å². The van der Waals surface area contributed by atoms with Crippen molar-refractivity contribution in [2.24, 2.45) is 0 Å². The van der Waals surface area contributed by atoms with E-state index in [2.05, 4.69) is 75.8 Å². The molecule has 0 heterocycles. The maximum atomic E-state index is 4.90. The molecule has 100 valence electrons. The number of thiol groups is 1. The van der Waals surface area contributed by atoms with Crippen LogP contribution < -0.4 is 0 Å². The zero-order valence-corrected chi connectivity index (χ0v) is 14.4. The molecule has 3 heteroatoms. The van der Waals surface area contributed by atoms with Crippen LogP contribution in [-0.4, -0.2) is 27.4 Å². The third-order valence-corrected chi connectivity index (χ3v) is 8.53. The van der Waals surface area contributed by atoms with Crippen molar-refractivity contribution in [1.29, 1.82) is 0 Å². The molecule has 0 aliphatic carbocycles. The molecule has 0 radical (unpaired) electrons. The molecule has 0 spiro atoms. The summed E-state index contributed by atoms with van der Waals surface area (Å²) in [5.41, 5.74) is 2.83. The molecule has 0 amide bonds. The maximum absolute atomic E-state index is 4.90. The van der Waals surface area contributed by atoms with E-state index in [9.17, 15) is 0 Å². The molecule has 2 rings (SSSR count). The molecule has 0 nitrogen and oxygen atoms in total. The van der Waals surface area contributed by atoms with Gasteiger partial charge < -0.3 is 0 Å². The molecule has 0 unspecified atom stereocenters. The first kappa shape index (κ1) is 15.1. The summed E-state index contributed by atoms with van der Waals surface area (Å²) in [5, 5.41) is 0. The van der Waals surface area contributed by atoms with Gasteiger partial charge in [-0.05, 0) is 0 Å². The molecule has 0 aliphatic heterocycles. The zero-order valence-electron chi connectivity index (χ0n) is 10.9. The number of hydrogen-bond acceptors (Lipinski definition) is 1. The monoisotopic (exact) mass is 354 g/mol. The van der Waals surface area contributed by atoms with Gasteiger partial charge in [0.15, 0.2) is 0 Å². The first-order valence-electron chi connectivity index (χ1n) is 6.54. The van der Waals surface area contributed by atoms with Crippen molar-refractivity contribution in [3.8, 4) is 0 Å². The van der Waals surface area contributed by atoms with Gasteiger partial charge in [0.25, 0.3) is 0 Å². The average molecular weight is 353 g/mol. The minimum atomic E-state index is -1.20. The predicted molar refractivity (Wildman–Crippen MR) is 91.7 cm³/mol. The molecule has 0 aromatic heterocycles. The van der Waals surface area contributed by atoms with E-state index in [-0.39, 0.29) is 0 Å². The normalized spacial score (nSPS) is 11.4. The minimum absolute atomic E-state index is 1.12. The summed E-state index contributed by atoms with van der Waals surface area (Å²) in [6.07, 6.45) is 4.60. The van der Waals surface area contributed by atoms with Crippen LogP contribution in [0.25, 0.3) is 0 Å². The number of benzene rings is 2. The Kier molecular flexibility index (Phi) is 5.98. The summed E-state index contributed by atoms with van der Waals surface area (Å²) >= 11 is 8.27. The number of hydrogen-bond donors (Lipinski definition) is 1. The Hall–Kier alpha value is -0.261. The van der Waals surface area contributed by atoms with Crippen molar-refractivity contribution in [3.05, 3.63) is 71.8 Å². The van der Waals surface area contributed by atoms with Gasteiger partial charge in [-0.3, -0.25) is 0 Å². The van der Waals surface area contributed by atoms with Crippen LogP contribution in [0.1, 0.15) is 11.1 Å². The van der Waals surface area contributed by atoms with Crippen molar-refractivity contribution in [2.45, 2.75) is 12.8 Å². The van der Waals surface area contributed by atoms with Crippen molar-refractivity contribution in [2.75, 3.05) is 12.3 Å². The molecular formula is C16H19PSSe. The second-order valence-corrected chi connectivity index (χ2v) is 15.9. The first-order chi connectivity index (χ1) is 9.16. The zero-order chi connectivity index (χ0) is 13.6. The summed E-state index contributed by atoms with van der Waals surface area (Å²) < 4.78 is -1.20. The van der Waals surface area contributed by atoms with Crippen molar-refractivity contribution in [1.82, 2.24) is 0 Å². The van der Waals surface area contributed by atoms with Crippen LogP contribution in [0.2, 0.25) is 0 Å². The van der Waals surface area contributed by atoms with E-state index < -0.39 is 4.71 Å². The van der Waals surface area contributed by atoms with Crippen molar-refractivity contribution in [3.63, 3.8) is 0 Å². The van der Waals surface area contributed by atoms with E-state index in [1.54, 1.807) is 0 Å². The van der Waals surface area contributed by atoms with E-state index in [4.69, 9.17) is 12.2 Å². The third-order valence-electron chi connectivity index (χ3n) is 3.19. The molecule has 0 saturated carbocycles. The molecule has 0 N–H and O–H groups in total. The summed E-state index contributed by atoms with van der Waals surface area (Å²) in [6.45, 7) is 0.